The molecular formula is C26H35N3O3S. The first kappa shape index (κ1) is 23.9. The zero-order valence-electron chi connectivity index (χ0n) is 19.9. The molecule has 178 valence electrons. The number of carbonyl (C=O) groups is 1. The summed E-state index contributed by atoms with van der Waals surface area (Å²) in [5.41, 5.74) is 2.04. The largest absolute Gasteiger partial charge is 0.334 e. The van der Waals surface area contributed by atoms with Crippen molar-refractivity contribution < 1.29 is 13.2 Å². The van der Waals surface area contributed by atoms with E-state index in [0.29, 0.717) is 11.6 Å². The van der Waals surface area contributed by atoms with E-state index >= 15 is 0 Å². The molecule has 2 aliphatic rings. The van der Waals surface area contributed by atoms with Crippen LogP contribution >= 0.6 is 0 Å². The minimum Gasteiger partial charge on any atom is -0.334 e. The number of amides is 1. The van der Waals surface area contributed by atoms with Crippen LogP contribution in [0.25, 0.3) is 11.1 Å². The average Bonchev–Trinajstić information content (AvgIpc) is 3.44. The maximum atomic E-state index is 13.2. The Morgan fingerprint density at radius 2 is 1.48 bits per heavy atom. The molecule has 0 aliphatic carbocycles. The molecule has 1 N–H and O–H groups in total. The van der Waals surface area contributed by atoms with E-state index in [-0.39, 0.29) is 10.8 Å². The van der Waals surface area contributed by atoms with Crippen LogP contribution in [0.1, 0.15) is 56.8 Å². The number of sulfonamides is 1. The van der Waals surface area contributed by atoms with Gasteiger partial charge in [0.15, 0.2) is 0 Å². The minimum atomic E-state index is -3.56. The van der Waals surface area contributed by atoms with Crippen LogP contribution in [0.3, 0.4) is 0 Å². The summed E-state index contributed by atoms with van der Waals surface area (Å²) in [5, 5.41) is 0. The maximum Gasteiger partial charge on any atom is 0.254 e. The van der Waals surface area contributed by atoms with E-state index in [4.69, 9.17) is 0 Å². The van der Waals surface area contributed by atoms with Crippen molar-refractivity contribution in [2.45, 2.75) is 62.9 Å². The van der Waals surface area contributed by atoms with Gasteiger partial charge in [0.05, 0.1) is 4.90 Å². The topological polar surface area (TPSA) is 69.7 Å². The number of carbonyl (C=O) groups excluding carboxylic acids is 1. The normalized spacial score (nSPS) is 19.8. The molecule has 0 unspecified atom stereocenters. The van der Waals surface area contributed by atoms with Crippen molar-refractivity contribution in [3.8, 4) is 11.1 Å². The van der Waals surface area contributed by atoms with Gasteiger partial charge in [-0.3, -0.25) is 4.79 Å². The van der Waals surface area contributed by atoms with Gasteiger partial charge in [-0.25, -0.2) is 13.1 Å². The van der Waals surface area contributed by atoms with Crippen molar-refractivity contribution in [3.05, 3.63) is 54.1 Å². The monoisotopic (exact) mass is 469 g/mol. The first-order valence-electron chi connectivity index (χ1n) is 11.9. The van der Waals surface area contributed by atoms with E-state index in [1.54, 1.807) is 24.3 Å². The molecule has 0 saturated carbocycles. The van der Waals surface area contributed by atoms with E-state index in [9.17, 15) is 13.2 Å². The van der Waals surface area contributed by atoms with Gasteiger partial charge in [-0.15, -0.1) is 0 Å². The summed E-state index contributed by atoms with van der Waals surface area (Å²) in [7, 11) is -3.56. The van der Waals surface area contributed by atoms with Crippen LogP contribution in [0.5, 0.6) is 0 Å². The molecule has 7 heteroatoms. The first-order chi connectivity index (χ1) is 15.6. The molecule has 6 nitrogen and oxygen atoms in total. The molecule has 2 aromatic rings. The van der Waals surface area contributed by atoms with Crippen molar-refractivity contribution in [3.63, 3.8) is 0 Å². The van der Waals surface area contributed by atoms with Crippen LogP contribution in [0.2, 0.25) is 0 Å². The number of nitrogens with one attached hydrogen (secondary N) is 1. The second-order valence-electron chi connectivity index (χ2n) is 10.3. The number of rotatable bonds is 6. The zero-order chi connectivity index (χ0) is 23.6. The predicted octanol–water partition coefficient (Wildman–Crippen LogP) is 4.13. The Labute approximate surface area is 198 Å². The Morgan fingerprint density at radius 1 is 0.909 bits per heavy atom. The summed E-state index contributed by atoms with van der Waals surface area (Å²) in [6.45, 7) is 9.58. The van der Waals surface area contributed by atoms with Crippen LogP contribution in [0.4, 0.5) is 0 Å². The summed E-state index contributed by atoms with van der Waals surface area (Å²) in [4.78, 5) is 18.0. The van der Waals surface area contributed by atoms with Gasteiger partial charge in [0.2, 0.25) is 10.0 Å². The Bertz CT molecular complexity index is 1070. The highest BCUT2D eigenvalue weighted by molar-refractivity contribution is 7.89. The van der Waals surface area contributed by atoms with Crippen molar-refractivity contribution in [2.75, 3.05) is 26.2 Å². The molecule has 2 fully saturated rings. The molecule has 2 aliphatic heterocycles. The summed E-state index contributed by atoms with van der Waals surface area (Å²) >= 11 is 0. The molecule has 1 amide bonds. The van der Waals surface area contributed by atoms with Gasteiger partial charge >= 0.3 is 0 Å². The van der Waals surface area contributed by atoms with E-state index in [0.717, 1.165) is 50.1 Å². The second kappa shape index (κ2) is 9.57. The standard InChI is InChI=1S/C26H35N3O3S/c1-26(2,3)27-33(31,32)24-14-12-21(13-15-24)20-8-10-22(11-9-20)25(30)29-18-6-7-23(29)19-28-16-4-5-17-28/h8-15,23,27H,4-7,16-19H2,1-3H3/t23-/m0/s1. The molecule has 33 heavy (non-hydrogen) atoms. The quantitative estimate of drug-likeness (QED) is 0.691. The summed E-state index contributed by atoms with van der Waals surface area (Å²) in [6.07, 6.45) is 4.69. The Morgan fingerprint density at radius 3 is 2.06 bits per heavy atom. The van der Waals surface area contributed by atoms with Crippen LogP contribution < -0.4 is 4.72 Å². The van der Waals surface area contributed by atoms with Crippen molar-refractivity contribution in [1.29, 1.82) is 0 Å². The third-order valence-corrected chi connectivity index (χ3v) is 8.15. The number of hydrogen-bond donors (Lipinski definition) is 1. The molecule has 0 spiro atoms. The Balaban J connectivity index is 1.44. The van der Waals surface area contributed by atoms with E-state index in [1.807, 2.05) is 45.0 Å². The molecule has 2 aromatic carbocycles. The van der Waals surface area contributed by atoms with Crippen molar-refractivity contribution in [1.82, 2.24) is 14.5 Å². The highest BCUT2D eigenvalue weighted by Crippen LogP contribution is 2.25. The fourth-order valence-corrected chi connectivity index (χ4v) is 6.23. The molecule has 0 radical (unpaired) electrons. The fraction of sp³-hybridized carbons (Fsp3) is 0.500. The summed E-state index contributed by atoms with van der Waals surface area (Å²) < 4.78 is 27.7. The van der Waals surface area contributed by atoms with E-state index < -0.39 is 15.6 Å². The highest BCUT2D eigenvalue weighted by atomic mass is 32.2. The summed E-state index contributed by atoms with van der Waals surface area (Å²) in [5.74, 6) is 0.109. The SMILES string of the molecule is CC(C)(C)NS(=O)(=O)c1ccc(-c2ccc(C(=O)N3CCC[C@H]3CN3CCCC3)cc2)cc1. The van der Waals surface area contributed by atoms with Crippen molar-refractivity contribution >= 4 is 15.9 Å². The molecule has 2 saturated heterocycles. The van der Waals surface area contributed by atoms with Gasteiger partial charge in [0, 0.05) is 30.2 Å². The van der Waals surface area contributed by atoms with Crippen LogP contribution in [0.15, 0.2) is 53.4 Å². The third-order valence-electron chi connectivity index (χ3n) is 6.38. The van der Waals surface area contributed by atoms with E-state index in [1.165, 1.54) is 12.8 Å². The number of likely N-dealkylation sites (tertiary alicyclic amines) is 2. The lowest BCUT2D eigenvalue weighted by Gasteiger charge is -2.28. The number of nitrogens with zero attached hydrogens (tertiary/aromatic N) is 2. The smallest absolute Gasteiger partial charge is 0.254 e. The first-order valence-corrected chi connectivity index (χ1v) is 13.4. The molecule has 0 bridgehead atoms. The molecule has 4 rings (SSSR count). The molecule has 1 atom stereocenters. The lowest BCUT2D eigenvalue weighted by atomic mass is 10.0. The number of hydrogen-bond acceptors (Lipinski definition) is 4. The van der Waals surface area contributed by atoms with E-state index in [2.05, 4.69) is 14.5 Å². The molecule has 0 aromatic heterocycles. The molecular weight excluding hydrogens is 434 g/mol. The van der Waals surface area contributed by atoms with Crippen LogP contribution in [-0.2, 0) is 10.0 Å². The van der Waals surface area contributed by atoms with Crippen LogP contribution in [0, 0.1) is 0 Å². The van der Waals surface area contributed by atoms with Crippen LogP contribution in [-0.4, -0.2) is 61.9 Å². The van der Waals surface area contributed by atoms with Gasteiger partial charge in [-0.1, -0.05) is 24.3 Å². The number of benzene rings is 2. The van der Waals surface area contributed by atoms with Gasteiger partial charge in [-0.05, 0) is 94.9 Å². The van der Waals surface area contributed by atoms with Crippen molar-refractivity contribution in [2.24, 2.45) is 0 Å². The Kier molecular flexibility index (Phi) is 6.93. The van der Waals surface area contributed by atoms with Gasteiger partial charge in [-0.2, -0.15) is 0 Å². The molecule has 2 heterocycles. The lowest BCUT2D eigenvalue weighted by molar-refractivity contribution is 0.0709. The maximum absolute atomic E-state index is 13.2. The van der Waals surface area contributed by atoms with Gasteiger partial charge in [0.25, 0.3) is 5.91 Å². The third kappa shape index (κ3) is 5.83. The average molecular weight is 470 g/mol. The van der Waals surface area contributed by atoms with Gasteiger partial charge < -0.3 is 9.80 Å². The Hall–Kier alpha value is -2.22. The predicted molar refractivity (Wildman–Crippen MR) is 132 cm³/mol. The highest BCUT2D eigenvalue weighted by Gasteiger charge is 2.31. The fourth-order valence-electron chi connectivity index (χ4n) is 4.82. The second-order valence-corrected chi connectivity index (χ2v) is 11.9. The zero-order valence-corrected chi connectivity index (χ0v) is 20.7. The lowest BCUT2D eigenvalue weighted by Crippen LogP contribution is -2.42. The minimum absolute atomic E-state index is 0.109. The van der Waals surface area contributed by atoms with Gasteiger partial charge in [0.1, 0.15) is 0 Å². The summed E-state index contributed by atoms with van der Waals surface area (Å²) in [6, 6.07) is 14.8.